The molecule has 0 aliphatic carbocycles. The van der Waals surface area contributed by atoms with Gasteiger partial charge in [-0.25, -0.2) is 0 Å². The zero-order valence-electron chi connectivity index (χ0n) is 12.7. The highest BCUT2D eigenvalue weighted by Crippen LogP contribution is 2.23. The highest BCUT2D eigenvalue weighted by molar-refractivity contribution is 5.95. The summed E-state index contributed by atoms with van der Waals surface area (Å²) in [5, 5.41) is 0. The number of methoxy groups -OCH3 is 2. The third kappa shape index (κ3) is 3.86. The van der Waals surface area contributed by atoms with Crippen molar-refractivity contribution in [3.8, 4) is 11.5 Å². The number of carbonyl (C=O) groups is 1. The number of benzene rings is 1. The van der Waals surface area contributed by atoms with E-state index in [1.54, 1.807) is 32.4 Å². The van der Waals surface area contributed by atoms with E-state index in [0.29, 0.717) is 23.6 Å². The highest BCUT2D eigenvalue weighted by atomic mass is 16.5. The number of carbonyl (C=O) groups excluding carboxylic acids is 1. The number of nitrogens with two attached hydrogens (primary N) is 1. The van der Waals surface area contributed by atoms with Crippen LogP contribution in [0.3, 0.4) is 0 Å². The molecule has 2 N–H and O–H groups in total. The Morgan fingerprint density at radius 2 is 1.67 bits per heavy atom. The maximum atomic E-state index is 12.6. The molecule has 1 aromatic carbocycles. The van der Waals surface area contributed by atoms with Gasteiger partial charge in [-0.05, 0) is 12.1 Å². The van der Waals surface area contributed by atoms with E-state index < -0.39 is 0 Å². The van der Waals surface area contributed by atoms with Gasteiger partial charge >= 0.3 is 0 Å². The van der Waals surface area contributed by atoms with E-state index in [1.807, 2.05) is 4.90 Å². The van der Waals surface area contributed by atoms with Gasteiger partial charge in [0, 0.05) is 50.9 Å². The molecule has 21 heavy (non-hydrogen) atoms. The lowest BCUT2D eigenvalue weighted by molar-refractivity contribution is 0.0640. The number of ether oxygens (including phenoxy) is 2. The van der Waals surface area contributed by atoms with Crippen molar-refractivity contribution < 1.29 is 14.3 Å². The maximum absolute atomic E-state index is 12.6. The van der Waals surface area contributed by atoms with Crippen molar-refractivity contribution >= 4 is 5.91 Å². The third-order valence-corrected chi connectivity index (χ3v) is 3.70. The van der Waals surface area contributed by atoms with Gasteiger partial charge in [-0.3, -0.25) is 9.69 Å². The number of hydrogen-bond donors (Lipinski definition) is 1. The average molecular weight is 293 g/mol. The summed E-state index contributed by atoms with van der Waals surface area (Å²) in [6.07, 6.45) is 0. The van der Waals surface area contributed by atoms with Gasteiger partial charge in [0.05, 0.1) is 14.2 Å². The topological polar surface area (TPSA) is 68.0 Å². The Labute approximate surface area is 125 Å². The van der Waals surface area contributed by atoms with E-state index in [0.717, 1.165) is 32.7 Å². The lowest BCUT2D eigenvalue weighted by atomic mass is 10.1. The molecule has 2 rings (SSSR count). The Morgan fingerprint density at radius 3 is 2.14 bits per heavy atom. The highest BCUT2D eigenvalue weighted by Gasteiger charge is 2.22. The Kier molecular flexibility index (Phi) is 5.41. The minimum atomic E-state index is 0.0135. The summed E-state index contributed by atoms with van der Waals surface area (Å²) in [7, 11) is 3.16. The van der Waals surface area contributed by atoms with Gasteiger partial charge in [0.25, 0.3) is 5.91 Å². The van der Waals surface area contributed by atoms with Crippen molar-refractivity contribution in [2.75, 3.05) is 53.5 Å². The van der Waals surface area contributed by atoms with Crippen LogP contribution in [0.4, 0.5) is 0 Å². The molecule has 1 aliphatic heterocycles. The van der Waals surface area contributed by atoms with Crippen LogP contribution in [0.25, 0.3) is 0 Å². The second-order valence-corrected chi connectivity index (χ2v) is 5.02. The molecular weight excluding hydrogens is 270 g/mol. The van der Waals surface area contributed by atoms with Crippen molar-refractivity contribution in [1.82, 2.24) is 9.80 Å². The molecule has 116 valence electrons. The summed E-state index contributed by atoms with van der Waals surface area (Å²) >= 11 is 0. The van der Waals surface area contributed by atoms with Gasteiger partial charge in [0.2, 0.25) is 0 Å². The first kappa shape index (κ1) is 15.6. The number of rotatable bonds is 5. The SMILES string of the molecule is COc1cc(OC)cc(C(=O)N2CCN(CCN)CC2)c1. The van der Waals surface area contributed by atoms with Gasteiger partial charge in [-0.2, -0.15) is 0 Å². The number of nitrogens with zero attached hydrogens (tertiary/aromatic N) is 2. The normalized spacial score (nSPS) is 15.9. The maximum Gasteiger partial charge on any atom is 0.254 e. The molecule has 1 saturated heterocycles. The Morgan fingerprint density at radius 1 is 1.10 bits per heavy atom. The van der Waals surface area contributed by atoms with E-state index in [-0.39, 0.29) is 5.91 Å². The largest absolute Gasteiger partial charge is 0.497 e. The van der Waals surface area contributed by atoms with E-state index in [2.05, 4.69) is 4.90 Å². The van der Waals surface area contributed by atoms with Crippen LogP contribution in [0.2, 0.25) is 0 Å². The Balaban J connectivity index is 2.06. The predicted octanol–water partition coefficient (Wildman–Crippen LogP) is 0.420. The zero-order valence-corrected chi connectivity index (χ0v) is 12.7. The van der Waals surface area contributed by atoms with Crippen LogP contribution < -0.4 is 15.2 Å². The summed E-state index contributed by atoms with van der Waals surface area (Å²) in [5.74, 6) is 1.26. The average Bonchev–Trinajstić information content (AvgIpc) is 2.54. The van der Waals surface area contributed by atoms with Crippen LogP contribution in [0.5, 0.6) is 11.5 Å². The van der Waals surface area contributed by atoms with Crippen LogP contribution in [0.1, 0.15) is 10.4 Å². The van der Waals surface area contributed by atoms with Gasteiger partial charge in [-0.15, -0.1) is 0 Å². The molecular formula is C15H23N3O3. The van der Waals surface area contributed by atoms with Crippen molar-refractivity contribution in [3.05, 3.63) is 23.8 Å². The van der Waals surface area contributed by atoms with E-state index >= 15 is 0 Å². The zero-order chi connectivity index (χ0) is 15.2. The first-order valence-electron chi connectivity index (χ1n) is 7.12. The first-order chi connectivity index (χ1) is 10.2. The fourth-order valence-corrected chi connectivity index (χ4v) is 2.47. The van der Waals surface area contributed by atoms with Crippen molar-refractivity contribution in [2.24, 2.45) is 5.73 Å². The summed E-state index contributed by atoms with van der Waals surface area (Å²) in [6, 6.07) is 5.25. The van der Waals surface area contributed by atoms with E-state index in [9.17, 15) is 4.79 Å². The minimum Gasteiger partial charge on any atom is -0.497 e. The molecule has 6 heteroatoms. The molecule has 0 unspecified atom stereocenters. The molecule has 0 spiro atoms. The molecule has 0 bridgehead atoms. The van der Waals surface area contributed by atoms with Crippen LogP contribution in [-0.2, 0) is 0 Å². The number of piperazine rings is 1. The fourth-order valence-electron chi connectivity index (χ4n) is 2.47. The molecule has 0 radical (unpaired) electrons. The van der Waals surface area contributed by atoms with Crippen LogP contribution in [-0.4, -0.2) is 69.2 Å². The lowest BCUT2D eigenvalue weighted by Gasteiger charge is -2.34. The van der Waals surface area contributed by atoms with Crippen LogP contribution in [0.15, 0.2) is 18.2 Å². The van der Waals surface area contributed by atoms with Crippen LogP contribution >= 0.6 is 0 Å². The molecule has 6 nitrogen and oxygen atoms in total. The lowest BCUT2D eigenvalue weighted by Crippen LogP contribution is -2.49. The summed E-state index contributed by atoms with van der Waals surface area (Å²) < 4.78 is 10.4. The molecule has 0 aromatic heterocycles. The van der Waals surface area contributed by atoms with Crippen molar-refractivity contribution in [1.29, 1.82) is 0 Å². The monoisotopic (exact) mass is 293 g/mol. The number of hydrogen-bond acceptors (Lipinski definition) is 5. The quantitative estimate of drug-likeness (QED) is 0.852. The van der Waals surface area contributed by atoms with Gasteiger partial charge in [0.15, 0.2) is 0 Å². The number of amides is 1. The van der Waals surface area contributed by atoms with Crippen molar-refractivity contribution in [3.63, 3.8) is 0 Å². The Hall–Kier alpha value is -1.79. The molecule has 0 atom stereocenters. The summed E-state index contributed by atoms with van der Waals surface area (Å²) in [6.45, 7) is 4.71. The summed E-state index contributed by atoms with van der Waals surface area (Å²) in [5.41, 5.74) is 6.15. The van der Waals surface area contributed by atoms with E-state index in [1.165, 1.54) is 0 Å². The predicted molar refractivity (Wildman–Crippen MR) is 80.9 cm³/mol. The smallest absolute Gasteiger partial charge is 0.254 e. The fraction of sp³-hybridized carbons (Fsp3) is 0.533. The minimum absolute atomic E-state index is 0.0135. The van der Waals surface area contributed by atoms with E-state index in [4.69, 9.17) is 15.2 Å². The molecule has 0 saturated carbocycles. The third-order valence-electron chi connectivity index (χ3n) is 3.70. The molecule has 1 heterocycles. The molecule has 1 amide bonds. The molecule has 1 fully saturated rings. The first-order valence-corrected chi connectivity index (χ1v) is 7.12. The second-order valence-electron chi connectivity index (χ2n) is 5.02. The molecule has 1 aromatic rings. The molecule has 1 aliphatic rings. The van der Waals surface area contributed by atoms with Gasteiger partial charge in [0.1, 0.15) is 11.5 Å². The summed E-state index contributed by atoms with van der Waals surface area (Å²) in [4.78, 5) is 16.7. The van der Waals surface area contributed by atoms with Crippen molar-refractivity contribution in [2.45, 2.75) is 0 Å². The standard InChI is InChI=1S/C15H23N3O3/c1-20-13-9-12(10-14(11-13)21-2)15(19)18-7-5-17(4-3-16)6-8-18/h9-11H,3-8,16H2,1-2H3. The van der Waals surface area contributed by atoms with Crippen LogP contribution in [0, 0.1) is 0 Å². The second kappa shape index (κ2) is 7.28. The van der Waals surface area contributed by atoms with Gasteiger partial charge < -0.3 is 20.1 Å². The van der Waals surface area contributed by atoms with Gasteiger partial charge in [-0.1, -0.05) is 0 Å². The Bertz CT molecular complexity index is 463.